The Morgan fingerprint density at radius 3 is 2.69 bits per heavy atom. The molecule has 7 atom stereocenters. The number of aromatic nitrogens is 2. The van der Waals surface area contributed by atoms with Crippen molar-refractivity contribution in [3.05, 3.63) is 105 Å². The van der Waals surface area contributed by atoms with E-state index in [9.17, 15) is 19.8 Å². The molecule has 0 radical (unpaired) electrons. The maximum Gasteiger partial charge on any atom is 0.341 e. The van der Waals surface area contributed by atoms with Crippen molar-refractivity contribution in [1.82, 2.24) is 20.2 Å². The molecule has 4 aromatic rings. The van der Waals surface area contributed by atoms with Crippen LogP contribution in [-0.2, 0) is 20.8 Å². The number of ether oxygens (including phenoxy) is 3. The Hall–Kier alpha value is -5.60. The number of nitrogens with two attached hydrogens (primary N) is 2. The van der Waals surface area contributed by atoms with Crippen LogP contribution in [0, 0.1) is 12.8 Å². The van der Waals surface area contributed by atoms with Gasteiger partial charge in [0.25, 0.3) is 0 Å². The lowest BCUT2D eigenvalue weighted by molar-refractivity contribution is -0.175. The third kappa shape index (κ3) is 6.13. The van der Waals surface area contributed by atoms with Crippen LogP contribution in [0.15, 0.2) is 93.1 Å². The Morgan fingerprint density at radius 1 is 1.07 bits per heavy atom. The maximum atomic E-state index is 14.2. The van der Waals surface area contributed by atoms with E-state index in [-0.39, 0.29) is 53.2 Å². The van der Waals surface area contributed by atoms with E-state index in [1.54, 1.807) is 13.0 Å². The second kappa shape index (κ2) is 12.7. The summed E-state index contributed by atoms with van der Waals surface area (Å²) in [4.78, 5) is 30.4. The standard InChI is InChI=1S/C41H46N6O8/c1-20-8-29(49)36-30(52-20)14-31-35(37(36)50)26-9-22(19-48)15-41(39(51)53-38(26)40(2,3)54-31)32(55-41)5-4-21-10-27(46-33(42)11-21)24-12-25(45-34(43)13-24)17-47-16-23-6-7-44-28(23)18-47/h6-8,10-14,16,18,22,25-27,32,38,44-46,48,50H,4-5,9,15,17,19,42-43H2,1-3H3. The minimum absolute atomic E-state index is 0.0355. The normalized spacial score (nSPS) is 29.6. The number of aliphatic hydroxyl groups excluding tert-OH is 1. The molecule has 3 aromatic heterocycles. The first-order valence-electron chi connectivity index (χ1n) is 18.8. The molecule has 1 aromatic carbocycles. The van der Waals surface area contributed by atoms with Gasteiger partial charge in [0.2, 0.25) is 0 Å². The van der Waals surface area contributed by atoms with Crippen molar-refractivity contribution in [3.8, 4) is 11.5 Å². The van der Waals surface area contributed by atoms with Crippen molar-refractivity contribution in [2.75, 3.05) is 6.61 Å². The van der Waals surface area contributed by atoms with Crippen LogP contribution in [0.25, 0.3) is 21.9 Å². The summed E-state index contributed by atoms with van der Waals surface area (Å²) in [7, 11) is 0. The number of dihydropyridines is 2. The highest BCUT2D eigenvalue weighted by Gasteiger charge is 2.66. The first-order valence-corrected chi connectivity index (χ1v) is 18.8. The third-order valence-electron chi connectivity index (χ3n) is 11.7. The van der Waals surface area contributed by atoms with Gasteiger partial charge in [-0.15, -0.1) is 0 Å². The number of phenols is 1. The van der Waals surface area contributed by atoms with E-state index < -0.39 is 35.3 Å². The van der Waals surface area contributed by atoms with Gasteiger partial charge in [-0.25, -0.2) is 4.79 Å². The zero-order chi connectivity index (χ0) is 38.4. The molecule has 5 aliphatic heterocycles. The summed E-state index contributed by atoms with van der Waals surface area (Å²) in [6.45, 7) is 5.79. The van der Waals surface area contributed by atoms with Crippen LogP contribution in [0.5, 0.6) is 11.5 Å². The van der Waals surface area contributed by atoms with E-state index in [0.717, 1.165) is 22.0 Å². The van der Waals surface area contributed by atoms with Crippen LogP contribution in [0.3, 0.4) is 0 Å². The van der Waals surface area contributed by atoms with E-state index in [1.807, 2.05) is 38.3 Å². The van der Waals surface area contributed by atoms with Gasteiger partial charge in [0, 0.05) is 60.7 Å². The number of epoxide rings is 1. The summed E-state index contributed by atoms with van der Waals surface area (Å²) in [5, 5.41) is 30.1. The van der Waals surface area contributed by atoms with Gasteiger partial charge in [0.15, 0.2) is 11.0 Å². The molecule has 9 rings (SSSR count). The van der Waals surface area contributed by atoms with Crippen LogP contribution in [-0.4, -0.2) is 67.8 Å². The number of rotatable bonds is 7. The lowest BCUT2D eigenvalue weighted by Gasteiger charge is -2.46. The molecule has 0 aliphatic carbocycles. The summed E-state index contributed by atoms with van der Waals surface area (Å²) in [5.41, 5.74) is 13.8. The molecule has 9 N–H and O–H groups in total. The smallest absolute Gasteiger partial charge is 0.341 e. The molecule has 2 fully saturated rings. The molecule has 5 aliphatic rings. The van der Waals surface area contributed by atoms with Crippen LogP contribution >= 0.6 is 0 Å². The van der Waals surface area contributed by atoms with Crippen molar-refractivity contribution in [1.29, 1.82) is 0 Å². The van der Waals surface area contributed by atoms with E-state index >= 15 is 0 Å². The molecule has 2 saturated heterocycles. The highest BCUT2D eigenvalue weighted by Crippen LogP contribution is 2.55. The summed E-state index contributed by atoms with van der Waals surface area (Å²) >= 11 is 0. The highest BCUT2D eigenvalue weighted by molar-refractivity contribution is 5.88. The Balaban J connectivity index is 0.925. The van der Waals surface area contributed by atoms with E-state index in [4.69, 9.17) is 30.1 Å². The number of aromatic hydroxyl groups is 1. The van der Waals surface area contributed by atoms with Crippen LogP contribution in [0.2, 0.25) is 0 Å². The summed E-state index contributed by atoms with van der Waals surface area (Å²) in [6.07, 6.45) is 14.6. The predicted molar refractivity (Wildman–Crippen MR) is 204 cm³/mol. The summed E-state index contributed by atoms with van der Waals surface area (Å²) in [5.74, 6) is 0.133. The number of H-pyrrole nitrogens is 1. The number of aromatic amines is 1. The number of hydrogen-bond acceptors (Lipinski definition) is 12. The SMILES string of the molecule is Cc1cc(=O)c2c(O)c3c(cc2o1)OC(C)(C)C1OC(=O)C2(CC(CO)CC31)OC2CCC1=CC(C2=CC(Cn3cc4cc[nH]c4c3)NC(N)=C2)NC(N)=C1. The van der Waals surface area contributed by atoms with Gasteiger partial charge in [0.05, 0.1) is 35.3 Å². The highest BCUT2D eigenvalue weighted by atomic mass is 16.7. The van der Waals surface area contributed by atoms with Crippen molar-refractivity contribution >= 4 is 27.8 Å². The molecule has 14 nitrogen and oxygen atoms in total. The molecule has 0 bridgehead atoms. The van der Waals surface area contributed by atoms with E-state index in [2.05, 4.69) is 44.7 Å². The number of nitrogens with zero attached hydrogens (tertiary/aromatic N) is 1. The number of carbonyl (C=O) groups excluding carboxylic acids is 1. The summed E-state index contributed by atoms with van der Waals surface area (Å²) in [6, 6.07) is 4.74. The van der Waals surface area contributed by atoms with Crippen LogP contribution < -0.4 is 32.3 Å². The first kappa shape index (κ1) is 35.1. The Kier molecular flexibility index (Phi) is 8.13. The number of nitrogens with one attached hydrogen (secondary N) is 3. The van der Waals surface area contributed by atoms with Gasteiger partial charge in [-0.2, -0.15) is 0 Å². The van der Waals surface area contributed by atoms with Gasteiger partial charge in [0.1, 0.15) is 39.9 Å². The molecule has 7 unspecified atom stereocenters. The predicted octanol–water partition coefficient (Wildman–Crippen LogP) is 3.67. The minimum Gasteiger partial charge on any atom is -0.507 e. The Labute approximate surface area is 316 Å². The van der Waals surface area contributed by atoms with E-state index in [1.165, 1.54) is 6.07 Å². The molecule has 1 spiro atoms. The summed E-state index contributed by atoms with van der Waals surface area (Å²) < 4.78 is 26.8. The monoisotopic (exact) mass is 750 g/mol. The number of fused-ring (bicyclic) bond motifs is 5. The lowest BCUT2D eigenvalue weighted by Crippen LogP contribution is -2.54. The number of allylic oxidation sites excluding steroid dienone is 2. The lowest BCUT2D eigenvalue weighted by atomic mass is 9.73. The number of hydrogen-bond donors (Lipinski definition) is 7. The quantitative estimate of drug-likeness (QED) is 0.106. The van der Waals surface area contributed by atoms with Gasteiger partial charge >= 0.3 is 5.97 Å². The average Bonchev–Trinajstić information content (AvgIpc) is 3.41. The molecule has 0 saturated carbocycles. The van der Waals surface area contributed by atoms with Gasteiger partial charge in [-0.3, -0.25) is 4.79 Å². The maximum absolute atomic E-state index is 14.2. The number of phenolic OH excluding ortho intramolecular Hbond substituents is 1. The van der Waals surface area contributed by atoms with Crippen molar-refractivity contribution in [2.24, 2.45) is 17.4 Å². The topological polar surface area (TPSA) is 216 Å². The number of esters is 1. The van der Waals surface area contributed by atoms with Crippen LogP contribution in [0.4, 0.5) is 0 Å². The fourth-order valence-corrected chi connectivity index (χ4v) is 9.22. The molecule has 288 valence electrons. The van der Waals surface area contributed by atoms with Crippen molar-refractivity contribution < 1.29 is 33.6 Å². The fourth-order valence-electron chi connectivity index (χ4n) is 9.22. The van der Waals surface area contributed by atoms with Crippen molar-refractivity contribution in [3.63, 3.8) is 0 Å². The second-order valence-electron chi connectivity index (χ2n) is 16.2. The Bertz CT molecular complexity index is 2390. The molecule has 14 heteroatoms. The fraction of sp³-hybridized carbons (Fsp3) is 0.415. The number of aryl methyl sites for hydroxylation is 1. The molecule has 0 amide bonds. The van der Waals surface area contributed by atoms with Crippen molar-refractivity contribution in [2.45, 2.75) is 94.4 Å². The third-order valence-corrected chi connectivity index (χ3v) is 11.7. The molecule has 55 heavy (non-hydrogen) atoms. The number of benzene rings is 1. The number of carbonyl (C=O) groups is 1. The van der Waals surface area contributed by atoms with Gasteiger partial charge < -0.3 is 60.5 Å². The number of aliphatic hydroxyl groups is 1. The van der Waals surface area contributed by atoms with Gasteiger partial charge in [-0.05, 0) is 81.7 Å². The van der Waals surface area contributed by atoms with Crippen LogP contribution in [0.1, 0.15) is 56.8 Å². The van der Waals surface area contributed by atoms with E-state index in [0.29, 0.717) is 54.5 Å². The largest absolute Gasteiger partial charge is 0.507 e. The van der Waals surface area contributed by atoms with Gasteiger partial charge in [-0.1, -0.05) is 12.2 Å². The molecular formula is C41H46N6O8. The molecular weight excluding hydrogens is 704 g/mol. The Morgan fingerprint density at radius 2 is 1.89 bits per heavy atom. The average molecular weight is 751 g/mol. The zero-order valence-corrected chi connectivity index (χ0v) is 30.9. The first-order chi connectivity index (χ1) is 26.3. The second-order valence-corrected chi connectivity index (χ2v) is 16.2. The zero-order valence-electron chi connectivity index (χ0n) is 30.9. The molecule has 8 heterocycles. The minimum atomic E-state index is -1.23.